The van der Waals surface area contributed by atoms with Crippen LogP contribution < -0.4 is 28.7 Å². The summed E-state index contributed by atoms with van der Waals surface area (Å²) in [6.45, 7) is 3.23. The van der Waals surface area contributed by atoms with Crippen LogP contribution in [0.15, 0.2) is 93.3 Å². The van der Waals surface area contributed by atoms with Crippen LogP contribution in [0.3, 0.4) is 0 Å². The fraction of sp³-hybridized carbons (Fsp3) is 0.286. The molecular weight excluding hydrogens is 954 g/mol. The van der Waals surface area contributed by atoms with Crippen LogP contribution in [0.2, 0.25) is 10.0 Å². The Bertz CT molecular complexity index is 2610. The number of rotatable bonds is 12. The fourth-order valence-corrected chi connectivity index (χ4v) is 12.2. The lowest BCUT2D eigenvalue weighted by Crippen LogP contribution is -2.48. The summed E-state index contributed by atoms with van der Waals surface area (Å²) in [6.07, 6.45) is 0. The van der Waals surface area contributed by atoms with E-state index in [9.17, 15) is 25.6 Å². The van der Waals surface area contributed by atoms with Gasteiger partial charge in [-0.1, -0.05) is 23.2 Å². The number of anilines is 2. The van der Waals surface area contributed by atoms with Gasteiger partial charge in [-0.3, -0.25) is 0 Å². The minimum Gasteiger partial charge on any atom is -0.493 e. The molecule has 14 nitrogen and oxygen atoms in total. The lowest BCUT2D eigenvalue weighted by Gasteiger charge is -2.33. The van der Waals surface area contributed by atoms with E-state index < -0.39 is 31.7 Å². The highest BCUT2D eigenvalue weighted by Gasteiger charge is 2.32. The van der Waals surface area contributed by atoms with Crippen molar-refractivity contribution in [2.45, 2.75) is 9.79 Å². The largest absolute Gasteiger partial charge is 0.493 e. The third kappa shape index (κ3) is 10.5. The van der Waals surface area contributed by atoms with Crippen molar-refractivity contribution in [3.8, 4) is 45.5 Å². The first-order valence-corrected chi connectivity index (χ1v) is 24.8. The van der Waals surface area contributed by atoms with Crippen LogP contribution in [0.25, 0.3) is 22.5 Å². The van der Waals surface area contributed by atoms with Crippen LogP contribution >= 0.6 is 45.9 Å². The van der Waals surface area contributed by atoms with Gasteiger partial charge >= 0.3 is 0 Å². The average molecular weight is 996 g/mol. The molecule has 2 fully saturated rings. The molecule has 0 saturated carbocycles. The normalized spacial score (nSPS) is 15.1. The zero-order valence-corrected chi connectivity index (χ0v) is 39.6. The first-order valence-electron chi connectivity index (χ1n) is 19.4. The Morgan fingerprint density at radius 1 is 0.516 bits per heavy atom. The molecule has 2 aliphatic rings. The van der Waals surface area contributed by atoms with Crippen LogP contribution in [-0.4, -0.2) is 116 Å². The van der Waals surface area contributed by atoms with Crippen molar-refractivity contribution in [1.29, 1.82) is 0 Å². The molecule has 0 bridgehead atoms. The number of nitrogens with zero attached hydrogens (tertiary/aromatic N) is 6. The number of benzene rings is 4. The van der Waals surface area contributed by atoms with Gasteiger partial charge in [0.25, 0.3) is 0 Å². The highest BCUT2D eigenvalue weighted by Crippen LogP contribution is 2.35. The first kappa shape index (κ1) is 47.2. The number of hydrogen-bond donors (Lipinski definition) is 0. The van der Waals surface area contributed by atoms with Gasteiger partial charge in [0, 0.05) is 102 Å². The molecule has 340 valence electrons. The van der Waals surface area contributed by atoms with Crippen molar-refractivity contribution in [1.82, 2.24) is 18.6 Å². The van der Waals surface area contributed by atoms with Crippen molar-refractivity contribution in [2.75, 3.05) is 90.6 Å². The summed E-state index contributed by atoms with van der Waals surface area (Å²) >= 11 is 15.1. The number of aromatic nitrogens is 2. The van der Waals surface area contributed by atoms with Gasteiger partial charge in [-0.2, -0.15) is 8.61 Å². The van der Waals surface area contributed by atoms with Crippen LogP contribution in [0.5, 0.6) is 23.0 Å². The number of hydrogen-bond acceptors (Lipinski definition) is 14. The van der Waals surface area contributed by atoms with Crippen molar-refractivity contribution in [3.63, 3.8) is 0 Å². The molecule has 0 amide bonds. The second-order valence-electron chi connectivity index (χ2n) is 14.2. The van der Waals surface area contributed by atoms with Gasteiger partial charge in [0.2, 0.25) is 20.0 Å². The second kappa shape index (κ2) is 20.2. The Kier molecular flexibility index (Phi) is 14.9. The van der Waals surface area contributed by atoms with Crippen LogP contribution in [0, 0.1) is 11.6 Å². The third-order valence-corrected chi connectivity index (χ3v) is 16.3. The highest BCUT2D eigenvalue weighted by atomic mass is 35.5. The van der Waals surface area contributed by atoms with Crippen LogP contribution in [-0.2, 0) is 20.0 Å². The molecule has 2 saturated heterocycles. The number of halogens is 4. The monoisotopic (exact) mass is 994 g/mol. The molecule has 2 aromatic heterocycles. The lowest BCUT2D eigenvalue weighted by atomic mass is 10.1. The zero-order valence-electron chi connectivity index (χ0n) is 34.8. The molecule has 8 rings (SSSR count). The zero-order chi connectivity index (χ0) is 45.8. The number of sulfonamides is 2. The predicted molar refractivity (Wildman–Crippen MR) is 246 cm³/mol. The molecule has 22 heteroatoms. The molecule has 4 aromatic carbocycles. The molecule has 6 aromatic rings. The first-order chi connectivity index (χ1) is 30.6. The maximum atomic E-state index is 13.5. The maximum Gasteiger partial charge on any atom is 0.243 e. The fourth-order valence-electron chi connectivity index (χ4n) is 6.98. The Balaban J connectivity index is 0.000000191. The van der Waals surface area contributed by atoms with E-state index in [-0.39, 0.29) is 22.9 Å². The van der Waals surface area contributed by atoms with E-state index in [0.717, 1.165) is 22.5 Å². The van der Waals surface area contributed by atoms with Gasteiger partial charge in [0.15, 0.2) is 33.3 Å². The third-order valence-electron chi connectivity index (χ3n) is 10.3. The second-order valence-corrected chi connectivity index (χ2v) is 20.6. The summed E-state index contributed by atoms with van der Waals surface area (Å²) < 4.78 is 103. The smallest absolute Gasteiger partial charge is 0.243 e. The molecule has 0 spiro atoms. The Morgan fingerprint density at radius 3 is 1.27 bits per heavy atom. The summed E-state index contributed by atoms with van der Waals surface area (Å²) in [5.74, 6) is 0.331. The van der Waals surface area contributed by atoms with Gasteiger partial charge in [0.05, 0.1) is 49.6 Å². The molecule has 64 heavy (non-hydrogen) atoms. The lowest BCUT2D eigenvalue weighted by molar-refractivity contribution is 0.353. The number of thiazole rings is 2. The van der Waals surface area contributed by atoms with E-state index in [1.54, 1.807) is 23.6 Å². The summed E-state index contributed by atoms with van der Waals surface area (Å²) in [5, 5.41) is 6.29. The summed E-state index contributed by atoms with van der Waals surface area (Å²) in [6, 6.07) is 17.7. The standard InChI is InChI=1S/C21H21Cl2N3O4S2.C21H21F2N3O4S2/c2*1-29-19-4-3-17(12-20(19)30-2)32(27,28)26-7-5-25(6-8-26)21-24-18(13-31-21)14-9-15(22)11-16(23)10-14/h2*3-4,9-13H,5-8H2,1-2H3. The topological polar surface area (TPSA) is 144 Å². The Hall–Kier alpha value is -4.80. The van der Waals surface area contributed by atoms with E-state index in [1.165, 1.54) is 96.1 Å². The minimum absolute atomic E-state index is 0.133. The van der Waals surface area contributed by atoms with Crippen LogP contribution in [0.4, 0.5) is 19.0 Å². The molecule has 2 aliphatic heterocycles. The molecule has 0 radical (unpaired) electrons. The van der Waals surface area contributed by atoms with Gasteiger partial charge in [0.1, 0.15) is 11.6 Å². The van der Waals surface area contributed by atoms with E-state index in [1.807, 2.05) is 22.4 Å². The van der Waals surface area contributed by atoms with Crippen molar-refractivity contribution < 1.29 is 44.6 Å². The molecular formula is C42H42Cl2F2N6O8S4. The van der Waals surface area contributed by atoms with Crippen LogP contribution in [0.1, 0.15) is 0 Å². The predicted octanol–water partition coefficient (Wildman–Crippen LogP) is 8.26. The Morgan fingerprint density at radius 2 is 0.891 bits per heavy atom. The number of ether oxygens (including phenoxy) is 4. The summed E-state index contributed by atoms with van der Waals surface area (Å²) in [5.41, 5.74) is 2.47. The molecule has 0 unspecified atom stereocenters. The summed E-state index contributed by atoms with van der Waals surface area (Å²) in [4.78, 5) is 13.5. The number of piperazine rings is 2. The van der Waals surface area contributed by atoms with Crippen molar-refractivity contribution in [3.05, 3.63) is 105 Å². The minimum atomic E-state index is -3.70. The summed E-state index contributed by atoms with van der Waals surface area (Å²) in [7, 11) is -1.42. The maximum absolute atomic E-state index is 13.5. The molecule has 0 atom stereocenters. The van der Waals surface area contributed by atoms with E-state index >= 15 is 0 Å². The van der Waals surface area contributed by atoms with Gasteiger partial charge in [-0.05, 0) is 54.6 Å². The molecule has 4 heterocycles. The van der Waals surface area contributed by atoms with E-state index in [2.05, 4.69) is 9.88 Å². The quantitative estimate of drug-likeness (QED) is 0.116. The molecule has 0 aliphatic carbocycles. The Labute approximate surface area is 388 Å². The van der Waals surface area contributed by atoms with E-state index in [4.69, 9.17) is 47.1 Å². The SMILES string of the molecule is COc1ccc(S(=O)(=O)N2CCN(c3nc(-c4cc(Cl)cc(Cl)c4)cs3)CC2)cc1OC.COc1ccc(S(=O)(=O)N2CCN(c3nc(-c4cc(F)cc(F)c4)cs3)CC2)cc1OC. The number of methoxy groups -OCH3 is 4. The average Bonchev–Trinajstić information content (AvgIpc) is 4.00. The highest BCUT2D eigenvalue weighted by molar-refractivity contribution is 7.89. The van der Waals surface area contributed by atoms with Gasteiger partial charge in [-0.15, -0.1) is 22.7 Å². The van der Waals surface area contributed by atoms with Crippen molar-refractivity contribution >= 4 is 76.2 Å². The van der Waals surface area contributed by atoms with Gasteiger partial charge < -0.3 is 28.7 Å². The molecule has 0 N–H and O–H groups in total. The van der Waals surface area contributed by atoms with E-state index in [0.29, 0.717) is 88.7 Å². The van der Waals surface area contributed by atoms with Crippen molar-refractivity contribution in [2.24, 2.45) is 0 Å². The van der Waals surface area contributed by atoms with Gasteiger partial charge in [-0.25, -0.2) is 35.6 Å².